The summed E-state index contributed by atoms with van der Waals surface area (Å²) in [4.78, 5) is 10.7. The second kappa shape index (κ2) is 7.24. The summed E-state index contributed by atoms with van der Waals surface area (Å²) in [7, 11) is 1.62. The Balaban J connectivity index is 1.80. The number of methoxy groups -OCH3 is 1. The minimum absolute atomic E-state index is 0.484. The third kappa shape index (κ3) is 4.49. The monoisotopic (exact) mass is 276 g/mol. The highest BCUT2D eigenvalue weighted by molar-refractivity contribution is 5.38. The van der Waals surface area contributed by atoms with E-state index in [1.165, 1.54) is 11.9 Å². The molecule has 1 aromatic heterocycles. The Hall–Kier alpha value is -1.62. The molecule has 0 radical (unpaired) electrons. The third-order valence-corrected chi connectivity index (χ3v) is 3.55. The zero-order valence-electron chi connectivity index (χ0n) is 12.6. The molecule has 1 aliphatic rings. The zero-order chi connectivity index (χ0) is 14.4. The summed E-state index contributed by atoms with van der Waals surface area (Å²) in [5.74, 6) is 1.45. The molecule has 20 heavy (non-hydrogen) atoms. The summed E-state index contributed by atoms with van der Waals surface area (Å²) < 4.78 is 5.11. The van der Waals surface area contributed by atoms with Crippen LogP contribution in [0.1, 0.15) is 26.7 Å². The SMILES string of the molecule is COc1cc(NC2CCN(CC=C(C)C)CC2)ncn1. The molecule has 2 rings (SSSR count). The molecule has 0 amide bonds. The highest BCUT2D eigenvalue weighted by atomic mass is 16.5. The second-order valence-corrected chi connectivity index (χ2v) is 5.45. The molecule has 1 N–H and O–H groups in total. The maximum Gasteiger partial charge on any atom is 0.218 e. The van der Waals surface area contributed by atoms with E-state index in [1.807, 2.05) is 6.07 Å². The van der Waals surface area contributed by atoms with E-state index < -0.39 is 0 Å². The maximum atomic E-state index is 5.11. The molecule has 0 unspecified atom stereocenters. The van der Waals surface area contributed by atoms with Crippen molar-refractivity contribution in [3.63, 3.8) is 0 Å². The molecule has 110 valence electrons. The molecular weight excluding hydrogens is 252 g/mol. The van der Waals surface area contributed by atoms with E-state index in [2.05, 4.69) is 40.1 Å². The van der Waals surface area contributed by atoms with Gasteiger partial charge in [-0.2, -0.15) is 0 Å². The Morgan fingerprint density at radius 1 is 1.40 bits per heavy atom. The molecule has 1 saturated heterocycles. The van der Waals surface area contributed by atoms with Crippen molar-refractivity contribution in [2.45, 2.75) is 32.7 Å². The molecule has 0 aliphatic carbocycles. The van der Waals surface area contributed by atoms with Crippen LogP contribution < -0.4 is 10.1 Å². The molecule has 5 nitrogen and oxygen atoms in total. The van der Waals surface area contributed by atoms with Gasteiger partial charge >= 0.3 is 0 Å². The lowest BCUT2D eigenvalue weighted by Gasteiger charge is -2.32. The molecule has 0 saturated carbocycles. The predicted molar refractivity (Wildman–Crippen MR) is 81.1 cm³/mol. The maximum absolute atomic E-state index is 5.11. The van der Waals surface area contributed by atoms with Crippen molar-refractivity contribution >= 4 is 5.82 Å². The number of aromatic nitrogens is 2. The van der Waals surface area contributed by atoms with Crippen LogP contribution in [0, 0.1) is 0 Å². The van der Waals surface area contributed by atoms with E-state index >= 15 is 0 Å². The fourth-order valence-electron chi connectivity index (χ4n) is 2.31. The summed E-state index contributed by atoms with van der Waals surface area (Å²) in [5, 5.41) is 3.47. The van der Waals surface area contributed by atoms with Crippen LogP contribution in [0.25, 0.3) is 0 Å². The molecule has 2 heterocycles. The summed E-state index contributed by atoms with van der Waals surface area (Å²) >= 11 is 0. The lowest BCUT2D eigenvalue weighted by molar-refractivity contribution is 0.239. The Morgan fingerprint density at radius 2 is 2.15 bits per heavy atom. The minimum atomic E-state index is 0.484. The average Bonchev–Trinajstić information content (AvgIpc) is 2.47. The van der Waals surface area contributed by atoms with Crippen LogP contribution in [0.3, 0.4) is 0 Å². The van der Waals surface area contributed by atoms with E-state index in [0.29, 0.717) is 11.9 Å². The first-order valence-corrected chi connectivity index (χ1v) is 7.15. The number of allylic oxidation sites excluding steroid dienone is 1. The number of ether oxygens (including phenoxy) is 1. The molecule has 0 aromatic carbocycles. The first kappa shape index (κ1) is 14.8. The molecule has 0 spiro atoms. The van der Waals surface area contributed by atoms with E-state index in [-0.39, 0.29) is 0 Å². The van der Waals surface area contributed by atoms with Gasteiger partial charge in [0.25, 0.3) is 0 Å². The smallest absolute Gasteiger partial charge is 0.218 e. The third-order valence-electron chi connectivity index (χ3n) is 3.55. The quantitative estimate of drug-likeness (QED) is 0.836. The number of likely N-dealkylation sites (tertiary alicyclic amines) is 1. The summed E-state index contributed by atoms with van der Waals surface area (Å²) in [6, 6.07) is 2.33. The van der Waals surface area contributed by atoms with Crippen LogP contribution in [0.15, 0.2) is 24.0 Å². The Kier molecular flexibility index (Phi) is 5.35. The van der Waals surface area contributed by atoms with Gasteiger partial charge in [0.05, 0.1) is 7.11 Å². The lowest BCUT2D eigenvalue weighted by atomic mass is 10.0. The van der Waals surface area contributed by atoms with Gasteiger partial charge in [-0.15, -0.1) is 0 Å². The van der Waals surface area contributed by atoms with Crippen LogP contribution in [-0.2, 0) is 0 Å². The first-order valence-electron chi connectivity index (χ1n) is 7.15. The molecular formula is C15H24N4O. The van der Waals surface area contributed by atoms with Crippen molar-refractivity contribution in [3.05, 3.63) is 24.0 Å². The Labute approximate surface area is 121 Å². The van der Waals surface area contributed by atoms with Crippen molar-refractivity contribution in [3.8, 4) is 5.88 Å². The van der Waals surface area contributed by atoms with E-state index in [0.717, 1.165) is 38.3 Å². The van der Waals surface area contributed by atoms with Crippen molar-refractivity contribution in [1.29, 1.82) is 0 Å². The highest BCUT2D eigenvalue weighted by Gasteiger charge is 2.18. The zero-order valence-corrected chi connectivity index (χ0v) is 12.6. The summed E-state index contributed by atoms with van der Waals surface area (Å²) in [6.07, 6.45) is 6.11. The van der Waals surface area contributed by atoms with Crippen molar-refractivity contribution in [2.24, 2.45) is 0 Å². The van der Waals surface area contributed by atoms with Crippen molar-refractivity contribution in [1.82, 2.24) is 14.9 Å². The normalized spacial score (nSPS) is 16.8. The number of nitrogens with zero attached hydrogens (tertiary/aromatic N) is 3. The van der Waals surface area contributed by atoms with E-state index in [9.17, 15) is 0 Å². The fourth-order valence-corrected chi connectivity index (χ4v) is 2.31. The van der Waals surface area contributed by atoms with Gasteiger partial charge in [0, 0.05) is 31.7 Å². The van der Waals surface area contributed by atoms with Gasteiger partial charge < -0.3 is 10.1 Å². The molecule has 1 aromatic rings. The second-order valence-electron chi connectivity index (χ2n) is 5.45. The number of anilines is 1. The van der Waals surface area contributed by atoms with Gasteiger partial charge in [-0.3, -0.25) is 4.90 Å². The van der Waals surface area contributed by atoms with Crippen molar-refractivity contribution in [2.75, 3.05) is 32.1 Å². The van der Waals surface area contributed by atoms with Gasteiger partial charge in [0.1, 0.15) is 12.1 Å². The number of piperidine rings is 1. The number of hydrogen-bond acceptors (Lipinski definition) is 5. The lowest BCUT2D eigenvalue weighted by Crippen LogP contribution is -2.39. The predicted octanol–water partition coefficient (Wildman–Crippen LogP) is 2.33. The van der Waals surface area contributed by atoms with Crippen LogP contribution >= 0.6 is 0 Å². The Morgan fingerprint density at radius 3 is 2.80 bits per heavy atom. The molecule has 0 atom stereocenters. The average molecular weight is 276 g/mol. The van der Waals surface area contributed by atoms with Crippen LogP contribution in [0.2, 0.25) is 0 Å². The minimum Gasteiger partial charge on any atom is -0.481 e. The molecule has 1 fully saturated rings. The van der Waals surface area contributed by atoms with Gasteiger partial charge in [0.2, 0.25) is 5.88 Å². The molecule has 5 heteroatoms. The Bertz CT molecular complexity index is 449. The first-order chi connectivity index (χ1) is 9.67. The largest absolute Gasteiger partial charge is 0.481 e. The van der Waals surface area contributed by atoms with Crippen LogP contribution in [0.4, 0.5) is 5.82 Å². The van der Waals surface area contributed by atoms with Gasteiger partial charge in [-0.25, -0.2) is 9.97 Å². The van der Waals surface area contributed by atoms with Crippen LogP contribution in [-0.4, -0.2) is 47.7 Å². The van der Waals surface area contributed by atoms with Gasteiger partial charge in [-0.05, 0) is 26.7 Å². The van der Waals surface area contributed by atoms with Gasteiger partial charge in [-0.1, -0.05) is 11.6 Å². The summed E-state index contributed by atoms with van der Waals surface area (Å²) in [6.45, 7) is 7.62. The van der Waals surface area contributed by atoms with Gasteiger partial charge in [0.15, 0.2) is 0 Å². The number of hydrogen-bond donors (Lipinski definition) is 1. The fraction of sp³-hybridized carbons (Fsp3) is 0.600. The topological polar surface area (TPSA) is 50.3 Å². The van der Waals surface area contributed by atoms with E-state index in [4.69, 9.17) is 4.74 Å². The van der Waals surface area contributed by atoms with Crippen LogP contribution in [0.5, 0.6) is 5.88 Å². The standard InChI is InChI=1S/C15H24N4O/c1-12(2)4-7-19-8-5-13(6-9-19)18-14-10-15(20-3)17-11-16-14/h4,10-11,13H,5-9H2,1-3H3,(H,16,17,18). The highest BCUT2D eigenvalue weighted by Crippen LogP contribution is 2.17. The molecule has 1 aliphatic heterocycles. The van der Waals surface area contributed by atoms with E-state index in [1.54, 1.807) is 7.11 Å². The summed E-state index contributed by atoms with van der Waals surface area (Å²) in [5.41, 5.74) is 1.39. The van der Waals surface area contributed by atoms with Crippen molar-refractivity contribution < 1.29 is 4.74 Å². The number of nitrogens with one attached hydrogen (secondary N) is 1. The number of rotatable bonds is 5. The molecule has 0 bridgehead atoms.